The van der Waals surface area contributed by atoms with E-state index >= 15 is 0 Å². The molecular weight excluding hydrogens is 434 g/mol. The molecule has 1 saturated heterocycles. The second-order valence-corrected chi connectivity index (χ2v) is 9.23. The van der Waals surface area contributed by atoms with Crippen LogP contribution >= 0.6 is 34.5 Å². The predicted molar refractivity (Wildman–Crippen MR) is 94.5 cm³/mol. The number of aromatic nitrogens is 1. The van der Waals surface area contributed by atoms with E-state index < -0.39 is 21.1 Å². The molecule has 0 atom stereocenters. The SMILES string of the molecule is O=S(=O)(c1cc(Cl)ccc1Cl)N1CCN(c2ncc(C(F)(F)F)s2)CC1. The van der Waals surface area contributed by atoms with Crippen molar-refractivity contribution in [3.05, 3.63) is 39.3 Å². The quantitative estimate of drug-likeness (QED) is 0.716. The van der Waals surface area contributed by atoms with Gasteiger partial charge in [0.05, 0.1) is 11.2 Å². The van der Waals surface area contributed by atoms with E-state index in [9.17, 15) is 21.6 Å². The van der Waals surface area contributed by atoms with Crippen molar-refractivity contribution in [1.29, 1.82) is 0 Å². The molecule has 2 aromatic rings. The zero-order valence-electron chi connectivity index (χ0n) is 13.0. The van der Waals surface area contributed by atoms with E-state index in [2.05, 4.69) is 4.98 Å². The molecule has 26 heavy (non-hydrogen) atoms. The molecule has 1 aliphatic rings. The van der Waals surface area contributed by atoms with Crippen LogP contribution in [-0.2, 0) is 16.2 Å². The van der Waals surface area contributed by atoms with E-state index in [1.54, 1.807) is 4.90 Å². The lowest BCUT2D eigenvalue weighted by Crippen LogP contribution is -2.48. The monoisotopic (exact) mass is 445 g/mol. The fourth-order valence-corrected chi connectivity index (χ4v) is 5.47. The van der Waals surface area contributed by atoms with Crippen molar-refractivity contribution in [2.24, 2.45) is 0 Å². The smallest absolute Gasteiger partial charge is 0.345 e. The Kier molecular flexibility index (Phi) is 5.42. The van der Waals surface area contributed by atoms with Crippen LogP contribution in [0.4, 0.5) is 18.3 Å². The van der Waals surface area contributed by atoms with Gasteiger partial charge in [0.25, 0.3) is 0 Å². The van der Waals surface area contributed by atoms with E-state index in [0.29, 0.717) is 11.3 Å². The first-order chi connectivity index (χ1) is 12.1. The maximum atomic E-state index is 12.7. The Morgan fingerprint density at radius 1 is 1.12 bits per heavy atom. The van der Waals surface area contributed by atoms with Crippen molar-refractivity contribution < 1.29 is 21.6 Å². The largest absolute Gasteiger partial charge is 0.427 e. The van der Waals surface area contributed by atoms with Crippen molar-refractivity contribution in [2.75, 3.05) is 31.1 Å². The van der Waals surface area contributed by atoms with Gasteiger partial charge in [0.15, 0.2) is 5.13 Å². The molecule has 2 heterocycles. The fraction of sp³-hybridized carbons (Fsp3) is 0.357. The van der Waals surface area contributed by atoms with Gasteiger partial charge in [0.2, 0.25) is 10.0 Å². The molecule has 1 aromatic carbocycles. The first-order valence-corrected chi connectivity index (χ1v) is 10.3. The van der Waals surface area contributed by atoms with Gasteiger partial charge in [0.1, 0.15) is 9.77 Å². The van der Waals surface area contributed by atoms with E-state index in [0.717, 1.165) is 6.20 Å². The highest BCUT2D eigenvalue weighted by molar-refractivity contribution is 7.89. The van der Waals surface area contributed by atoms with Gasteiger partial charge < -0.3 is 4.90 Å². The van der Waals surface area contributed by atoms with Gasteiger partial charge in [-0.25, -0.2) is 13.4 Å². The number of alkyl halides is 3. The highest BCUT2D eigenvalue weighted by atomic mass is 35.5. The third-order valence-corrected chi connectivity index (χ3v) is 7.51. The van der Waals surface area contributed by atoms with Crippen LogP contribution in [0.1, 0.15) is 4.88 Å². The third-order valence-electron chi connectivity index (χ3n) is 3.79. The molecule has 0 bridgehead atoms. The number of sulfonamides is 1. The Balaban J connectivity index is 1.74. The summed E-state index contributed by atoms with van der Waals surface area (Å²) in [5.74, 6) is 0. The Bertz CT molecular complexity index is 910. The molecule has 0 saturated carbocycles. The first-order valence-electron chi connectivity index (χ1n) is 7.32. The van der Waals surface area contributed by atoms with Gasteiger partial charge in [-0.3, -0.25) is 0 Å². The van der Waals surface area contributed by atoms with E-state index in [1.165, 1.54) is 22.5 Å². The van der Waals surface area contributed by atoms with E-state index in [-0.39, 0.29) is 46.3 Å². The number of rotatable bonds is 3. The Morgan fingerprint density at radius 2 is 1.77 bits per heavy atom. The molecule has 1 aromatic heterocycles. The number of thiazole rings is 1. The van der Waals surface area contributed by atoms with Crippen LogP contribution in [-0.4, -0.2) is 43.9 Å². The summed E-state index contributed by atoms with van der Waals surface area (Å²) in [6.07, 6.45) is -3.65. The molecule has 1 fully saturated rings. The van der Waals surface area contributed by atoms with Gasteiger partial charge >= 0.3 is 6.18 Å². The fourth-order valence-electron chi connectivity index (χ4n) is 2.48. The van der Waals surface area contributed by atoms with Crippen LogP contribution in [0.2, 0.25) is 10.0 Å². The van der Waals surface area contributed by atoms with Gasteiger partial charge in [-0.2, -0.15) is 17.5 Å². The summed E-state index contributed by atoms with van der Waals surface area (Å²) in [4.78, 5) is 4.55. The van der Waals surface area contributed by atoms with E-state index in [4.69, 9.17) is 23.2 Å². The van der Waals surface area contributed by atoms with Crippen LogP contribution in [0, 0.1) is 0 Å². The number of anilines is 1. The molecule has 0 spiro atoms. The van der Waals surface area contributed by atoms with Gasteiger partial charge in [-0.1, -0.05) is 34.5 Å². The number of nitrogens with zero attached hydrogens (tertiary/aromatic N) is 3. The zero-order chi connectivity index (χ0) is 19.1. The number of benzene rings is 1. The summed E-state index contributed by atoms with van der Waals surface area (Å²) >= 11 is 12.4. The summed E-state index contributed by atoms with van der Waals surface area (Å²) in [5, 5.41) is 0.524. The highest BCUT2D eigenvalue weighted by Gasteiger charge is 2.35. The molecule has 0 amide bonds. The molecule has 1 aliphatic heterocycles. The van der Waals surface area contributed by atoms with Crippen LogP contribution in [0.25, 0.3) is 0 Å². The standard InChI is InChI=1S/C14H12Cl2F3N3O2S2/c15-9-1-2-10(16)11(7-9)26(23,24)22-5-3-21(4-6-22)13-20-8-12(25-13)14(17,18)19/h1-2,7-8H,3-6H2. The molecule has 0 unspecified atom stereocenters. The summed E-state index contributed by atoms with van der Waals surface area (Å²) in [6.45, 7) is 0.655. The van der Waals surface area contributed by atoms with E-state index in [1.807, 2.05) is 0 Å². The van der Waals surface area contributed by atoms with Crippen molar-refractivity contribution >= 4 is 49.7 Å². The second kappa shape index (κ2) is 7.16. The lowest BCUT2D eigenvalue weighted by atomic mass is 10.4. The number of hydrogen-bond donors (Lipinski definition) is 0. The Hall–Kier alpha value is -1.07. The first kappa shape index (κ1) is 19.7. The second-order valence-electron chi connectivity index (χ2n) is 5.47. The van der Waals surface area contributed by atoms with Gasteiger partial charge in [-0.15, -0.1) is 0 Å². The minimum atomic E-state index is -4.44. The average molecular weight is 446 g/mol. The molecule has 142 valence electrons. The lowest BCUT2D eigenvalue weighted by Gasteiger charge is -2.33. The van der Waals surface area contributed by atoms with Crippen LogP contribution in [0.15, 0.2) is 29.3 Å². The van der Waals surface area contributed by atoms with Crippen molar-refractivity contribution in [1.82, 2.24) is 9.29 Å². The highest BCUT2D eigenvalue weighted by Crippen LogP contribution is 2.37. The number of halogens is 5. The Morgan fingerprint density at radius 3 is 2.35 bits per heavy atom. The topological polar surface area (TPSA) is 53.5 Å². The maximum Gasteiger partial charge on any atom is 0.427 e. The number of piperazine rings is 1. The summed E-state index contributed by atoms with van der Waals surface area (Å²) < 4.78 is 64.8. The summed E-state index contributed by atoms with van der Waals surface area (Å²) in [6, 6.07) is 4.17. The Labute approximate surface area is 162 Å². The van der Waals surface area contributed by atoms with Gasteiger partial charge in [0, 0.05) is 31.2 Å². The molecule has 3 rings (SSSR count). The average Bonchev–Trinajstić information content (AvgIpc) is 3.07. The summed E-state index contributed by atoms with van der Waals surface area (Å²) in [7, 11) is -3.85. The molecule has 0 aliphatic carbocycles. The van der Waals surface area contributed by atoms with Crippen molar-refractivity contribution in [2.45, 2.75) is 11.1 Å². The maximum absolute atomic E-state index is 12.7. The summed E-state index contributed by atoms with van der Waals surface area (Å²) in [5.41, 5.74) is 0. The predicted octanol–water partition coefficient (Wildman–Crippen LogP) is 3.98. The molecular formula is C14H12Cl2F3N3O2S2. The minimum absolute atomic E-state index is 0.0616. The van der Waals surface area contributed by atoms with Crippen LogP contribution in [0.3, 0.4) is 0 Å². The van der Waals surface area contributed by atoms with Gasteiger partial charge in [-0.05, 0) is 18.2 Å². The minimum Gasteiger partial charge on any atom is -0.345 e. The zero-order valence-corrected chi connectivity index (χ0v) is 16.1. The van der Waals surface area contributed by atoms with Crippen molar-refractivity contribution in [3.63, 3.8) is 0 Å². The normalized spacial score (nSPS) is 16.9. The van der Waals surface area contributed by atoms with Crippen LogP contribution < -0.4 is 4.90 Å². The number of hydrogen-bond acceptors (Lipinski definition) is 5. The molecule has 0 radical (unpaired) electrons. The lowest BCUT2D eigenvalue weighted by molar-refractivity contribution is -0.134. The third kappa shape index (κ3) is 3.94. The molecule has 0 N–H and O–H groups in total. The van der Waals surface area contributed by atoms with Crippen molar-refractivity contribution in [3.8, 4) is 0 Å². The molecule has 12 heteroatoms. The van der Waals surface area contributed by atoms with Crippen LogP contribution in [0.5, 0.6) is 0 Å². The molecule has 5 nitrogen and oxygen atoms in total.